The van der Waals surface area contributed by atoms with Crippen LogP contribution in [0, 0.1) is 5.82 Å². The number of rotatable bonds is 5. The summed E-state index contributed by atoms with van der Waals surface area (Å²) >= 11 is 0. The van der Waals surface area contributed by atoms with Gasteiger partial charge < -0.3 is 14.8 Å². The Bertz CT molecular complexity index is 434. The summed E-state index contributed by atoms with van der Waals surface area (Å²) in [6, 6.07) is 1.60. The van der Waals surface area contributed by atoms with Gasteiger partial charge in [0.2, 0.25) is 0 Å². The molecule has 1 N–H and O–H groups in total. The molecule has 0 unspecified atom stereocenters. The number of hydrogen-bond donors (Lipinski definition) is 1. The zero-order valence-corrected chi connectivity index (χ0v) is 10.8. The summed E-state index contributed by atoms with van der Waals surface area (Å²) < 4.78 is 59.9. The van der Waals surface area contributed by atoms with Crippen molar-refractivity contribution >= 4 is 0 Å². The molecule has 0 saturated carbocycles. The van der Waals surface area contributed by atoms with E-state index in [0.29, 0.717) is 0 Å². The minimum Gasteiger partial charge on any atom is -0.493 e. The van der Waals surface area contributed by atoms with Crippen LogP contribution in [0.25, 0.3) is 0 Å². The maximum atomic E-state index is 13.8. The third-order valence-electron chi connectivity index (χ3n) is 2.58. The van der Waals surface area contributed by atoms with E-state index in [1.165, 1.54) is 27.2 Å². The van der Waals surface area contributed by atoms with E-state index in [-0.39, 0.29) is 17.1 Å². The molecule has 0 aliphatic rings. The van der Waals surface area contributed by atoms with Crippen LogP contribution in [0.1, 0.15) is 18.5 Å². The van der Waals surface area contributed by atoms with Gasteiger partial charge in [-0.15, -0.1) is 0 Å². The largest absolute Gasteiger partial charge is 0.493 e. The summed E-state index contributed by atoms with van der Waals surface area (Å²) in [6.07, 6.45) is -4.35. The molecule has 0 amide bonds. The van der Waals surface area contributed by atoms with Crippen molar-refractivity contribution in [2.24, 2.45) is 0 Å². The smallest absolute Gasteiger partial charge is 0.401 e. The Kier molecular flexibility index (Phi) is 4.99. The molecule has 1 aromatic carbocycles. The average molecular weight is 281 g/mol. The predicted octanol–water partition coefficient (Wildman–Crippen LogP) is 3.06. The summed E-state index contributed by atoms with van der Waals surface area (Å²) in [7, 11) is 2.72. The Hall–Kier alpha value is -1.50. The summed E-state index contributed by atoms with van der Waals surface area (Å²) in [5.41, 5.74) is 0.0851. The van der Waals surface area contributed by atoms with Gasteiger partial charge in [-0.25, -0.2) is 4.39 Å². The van der Waals surface area contributed by atoms with Gasteiger partial charge in [0.1, 0.15) is 5.82 Å². The highest BCUT2D eigenvalue weighted by Gasteiger charge is 2.28. The number of ether oxygens (including phenoxy) is 2. The van der Waals surface area contributed by atoms with Crippen molar-refractivity contribution in [1.29, 1.82) is 0 Å². The first-order chi connectivity index (χ1) is 8.78. The lowest BCUT2D eigenvalue weighted by Crippen LogP contribution is -2.31. The van der Waals surface area contributed by atoms with E-state index in [2.05, 4.69) is 5.32 Å². The second kappa shape index (κ2) is 6.10. The summed E-state index contributed by atoms with van der Waals surface area (Å²) in [5.74, 6) is -0.203. The highest BCUT2D eigenvalue weighted by Crippen LogP contribution is 2.32. The fourth-order valence-corrected chi connectivity index (χ4v) is 1.58. The molecule has 0 heterocycles. The van der Waals surface area contributed by atoms with E-state index < -0.39 is 24.6 Å². The molecule has 7 heteroatoms. The quantitative estimate of drug-likeness (QED) is 0.841. The summed E-state index contributed by atoms with van der Waals surface area (Å²) in [4.78, 5) is 0. The Labute approximate surface area is 108 Å². The molecule has 1 atom stereocenters. The van der Waals surface area contributed by atoms with Gasteiger partial charge in [-0.3, -0.25) is 0 Å². The Morgan fingerprint density at radius 2 is 1.68 bits per heavy atom. The minimum atomic E-state index is -4.35. The molecular formula is C12H15F4NO2. The first-order valence-electron chi connectivity index (χ1n) is 5.50. The molecule has 0 aliphatic heterocycles. The summed E-state index contributed by atoms with van der Waals surface area (Å²) in [5, 5.41) is 2.21. The van der Waals surface area contributed by atoms with Crippen molar-refractivity contribution in [1.82, 2.24) is 5.32 Å². The van der Waals surface area contributed by atoms with Crippen molar-refractivity contribution in [3.63, 3.8) is 0 Å². The van der Waals surface area contributed by atoms with Gasteiger partial charge in [0, 0.05) is 17.7 Å². The zero-order chi connectivity index (χ0) is 14.6. The topological polar surface area (TPSA) is 30.5 Å². The molecule has 0 aromatic heterocycles. The molecule has 1 aromatic rings. The predicted molar refractivity (Wildman–Crippen MR) is 62.0 cm³/mol. The van der Waals surface area contributed by atoms with Crippen molar-refractivity contribution in [3.8, 4) is 11.5 Å². The lowest BCUT2D eigenvalue weighted by atomic mass is 10.1. The van der Waals surface area contributed by atoms with E-state index in [1.807, 2.05) is 0 Å². The van der Waals surface area contributed by atoms with E-state index in [9.17, 15) is 17.6 Å². The number of hydrogen-bond acceptors (Lipinski definition) is 3. The standard InChI is InChI=1S/C12H15F4NO2/c1-7(17-6-12(14,15)16)8-4-10(18-2)11(19-3)5-9(8)13/h4-5,7,17H,6H2,1-3H3/t7-/m1/s1. The number of methoxy groups -OCH3 is 2. The minimum absolute atomic E-state index is 0.0851. The first kappa shape index (κ1) is 15.6. The van der Waals surface area contributed by atoms with Crippen LogP contribution in [-0.2, 0) is 0 Å². The first-order valence-corrected chi connectivity index (χ1v) is 5.50. The second-order valence-corrected chi connectivity index (χ2v) is 3.95. The third kappa shape index (κ3) is 4.27. The molecular weight excluding hydrogens is 266 g/mol. The van der Waals surface area contributed by atoms with Gasteiger partial charge in [-0.05, 0) is 13.0 Å². The Balaban J connectivity index is 2.93. The monoisotopic (exact) mass is 281 g/mol. The fraction of sp³-hybridized carbons (Fsp3) is 0.500. The molecule has 19 heavy (non-hydrogen) atoms. The van der Waals surface area contributed by atoms with Gasteiger partial charge in [0.15, 0.2) is 11.5 Å². The van der Waals surface area contributed by atoms with E-state index >= 15 is 0 Å². The molecule has 0 saturated heterocycles. The van der Waals surface area contributed by atoms with Crippen molar-refractivity contribution < 1.29 is 27.0 Å². The maximum absolute atomic E-state index is 13.8. The zero-order valence-electron chi connectivity index (χ0n) is 10.8. The fourth-order valence-electron chi connectivity index (χ4n) is 1.58. The Morgan fingerprint density at radius 3 is 2.16 bits per heavy atom. The highest BCUT2D eigenvalue weighted by molar-refractivity contribution is 5.44. The average Bonchev–Trinajstić information content (AvgIpc) is 2.34. The van der Waals surface area contributed by atoms with Gasteiger partial charge in [0.25, 0.3) is 0 Å². The molecule has 3 nitrogen and oxygen atoms in total. The van der Waals surface area contributed by atoms with Crippen LogP contribution in [0.5, 0.6) is 11.5 Å². The van der Waals surface area contributed by atoms with Crippen LogP contribution in [0.2, 0.25) is 0 Å². The van der Waals surface area contributed by atoms with Crippen molar-refractivity contribution in [3.05, 3.63) is 23.5 Å². The molecule has 1 rings (SSSR count). The van der Waals surface area contributed by atoms with Crippen LogP contribution in [-0.4, -0.2) is 26.9 Å². The maximum Gasteiger partial charge on any atom is 0.401 e. The second-order valence-electron chi connectivity index (χ2n) is 3.95. The van der Waals surface area contributed by atoms with Crippen LogP contribution in [0.4, 0.5) is 17.6 Å². The van der Waals surface area contributed by atoms with E-state index in [4.69, 9.17) is 9.47 Å². The van der Waals surface area contributed by atoms with Gasteiger partial charge in [-0.2, -0.15) is 13.2 Å². The number of alkyl halides is 3. The number of benzene rings is 1. The van der Waals surface area contributed by atoms with Gasteiger partial charge in [0.05, 0.1) is 20.8 Å². The van der Waals surface area contributed by atoms with E-state index in [1.54, 1.807) is 0 Å². The molecule has 0 spiro atoms. The molecule has 108 valence electrons. The van der Waals surface area contributed by atoms with E-state index in [0.717, 1.165) is 6.07 Å². The molecule has 0 aliphatic carbocycles. The number of halogens is 4. The van der Waals surface area contributed by atoms with Crippen molar-refractivity contribution in [2.45, 2.75) is 19.1 Å². The Morgan fingerprint density at radius 1 is 1.16 bits per heavy atom. The summed E-state index contributed by atoms with van der Waals surface area (Å²) in [6.45, 7) is 0.248. The van der Waals surface area contributed by atoms with Crippen LogP contribution in [0.15, 0.2) is 12.1 Å². The van der Waals surface area contributed by atoms with Crippen molar-refractivity contribution in [2.75, 3.05) is 20.8 Å². The van der Waals surface area contributed by atoms with Crippen LogP contribution < -0.4 is 14.8 Å². The third-order valence-corrected chi connectivity index (χ3v) is 2.58. The lowest BCUT2D eigenvalue weighted by molar-refractivity contribution is -0.126. The molecule has 0 fully saturated rings. The van der Waals surface area contributed by atoms with Crippen LogP contribution >= 0.6 is 0 Å². The highest BCUT2D eigenvalue weighted by atomic mass is 19.4. The van der Waals surface area contributed by atoms with Gasteiger partial charge >= 0.3 is 6.18 Å². The molecule has 0 bridgehead atoms. The molecule has 0 radical (unpaired) electrons. The lowest BCUT2D eigenvalue weighted by Gasteiger charge is -2.18. The van der Waals surface area contributed by atoms with Crippen LogP contribution in [0.3, 0.4) is 0 Å². The normalized spacial score (nSPS) is 13.2. The van der Waals surface area contributed by atoms with Gasteiger partial charge in [-0.1, -0.05) is 0 Å². The SMILES string of the molecule is COc1cc(F)c([C@@H](C)NCC(F)(F)F)cc1OC. The number of nitrogens with one attached hydrogen (secondary N) is 1.